The minimum absolute atomic E-state index is 0.121. The van der Waals surface area contributed by atoms with E-state index in [1.807, 2.05) is 35.9 Å². The van der Waals surface area contributed by atoms with Crippen molar-refractivity contribution in [2.75, 3.05) is 56.7 Å². The lowest BCUT2D eigenvalue weighted by Crippen LogP contribution is -2.43. The molecule has 2 aromatic heterocycles. The summed E-state index contributed by atoms with van der Waals surface area (Å²) in [6.07, 6.45) is 3.71. The first-order valence-corrected chi connectivity index (χ1v) is 17.6. The van der Waals surface area contributed by atoms with Gasteiger partial charge in [-0.15, -0.1) is 0 Å². The molecule has 0 saturated carbocycles. The number of hydrogen-bond acceptors (Lipinski definition) is 8. The van der Waals surface area contributed by atoms with Crippen LogP contribution in [0.15, 0.2) is 36.4 Å². The number of ether oxygens (including phenoxy) is 1. The highest BCUT2D eigenvalue weighted by molar-refractivity contribution is 5.97. The van der Waals surface area contributed by atoms with E-state index in [0.717, 1.165) is 83.7 Å². The minimum Gasteiger partial charge on any atom is -0.461 e. The van der Waals surface area contributed by atoms with Gasteiger partial charge in [0.05, 0.1) is 30.0 Å². The van der Waals surface area contributed by atoms with Gasteiger partial charge in [-0.2, -0.15) is 15.1 Å². The highest BCUT2D eigenvalue weighted by Crippen LogP contribution is 2.41. The summed E-state index contributed by atoms with van der Waals surface area (Å²) in [5, 5.41) is 6.60. The van der Waals surface area contributed by atoms with E-state index in [9.17, 15) is 9.18 Å². The van der Waals surface area contributed by atoms with Gasteiger partial charge in [-0.1, -0.05) is 25.1 Å². The van der Waals surface area contributed by atoms with Gasteiger partial charge in [0.15, 0.2) is 5.69 Å². The molecule has 2 aromatic carbocycles. The zero-order valence-corrected chi connectivity index (χ0v) is 28.6. The number of amides is 1. The summed E-state index contributed by atoms with van der Waals surface area (Å²) >= 11 is 0. The van der Waals surface area contributed by atoms with Gasteiger partial charge in [-0.05, 0) is 67.8 Å². The Hall–Kier alpha value is -4.32. The summed E-state index contributed by atoms with van der Waals surface area (Å²) in [5.41, 5.74) is 4.76. The maximum atomic E-state index is 15.1. The second-order valence-corrected chi connectivity index (χ2v) is 14.3. The number of alkyl halides is 1. The van der Waals surface area contributed by atoms with Gasteiger partial charge in [-0.25, -0.2) is 8.78 Å². The number of carbonyl (C=O) groups excluding carboxylic acids is 1. The maximum absolute atomic E-state index is 15.1. The lowest BCUT2D eigenvalue weighted by molar-refractivity contribution is 0.0821. The quantitative estimate of drug-likeness (QED) is 0.267. The number of aryl methyl sites for hydroxylation is 2. The number of hydrogen-bond donors (Lipinski definition) is 0. The smallest absolute Gasteiger partial charge is 0.318 e. The van der Waals surface area contributed by atoms with Crippen molar-refractivity contribution in [1.29, 1.82) is 0 Å². The van der Waals surface area contributed by atoms with Gasteiger partial charge >= 0.3 is 6.01 Å². The molecule has 12 heteroatoms. The molecule has 49 heavy (non-hydrogen) atoms. The van der Waals surface area contributed by atoms with Crippen molar-refractivity contribution in [3.8, 4) is 6.01 Å². The molecule has 0 aliphatic carbocycles. The second-order valence-electron chi connectivity index (χ2n) is 14.3. The van der Waals surface area contributed by atoms with E-state index in [-0.39, 0.29) is 17.3 Å². The van der Waals surface area contributed by atoms with E-state index in [4.69, 9.17) is 14.7 Å². The summed E-state index contributed by atoms with van der Waals surface area (Å²) < 4.78 is 38.1. The van der Waals surface area contributed by atoms with Crippen LogP contribution in [0.4, 0.5) is 20.3 Å². The molecule has 1 amide bonds. The first-order valence-electron chi connectivity index (χ1n) is 17.6. The summed E-state index contributed by atoms with van der Waals surface area (Å²) in [6, 6.07) is 11.8. The van der Waals surface area contributed by atoms with Crippen LogP contribution in [-0.4, -0.2) is 94.0 Å². The molecule has 0 N–H and O–H groups in total. The minimum atomic E-state index is -0.845. The molecule has 0 radical (unpaired) electrons. The van der Waals surface area contributed by atoms with Crippen molar-refractivity contribution >= 4 is 28.2 Å². The number of carbonyl (C=O) groups is 1. The van der Waals surface area contributed by atoms with Crippen LogP contribution in [0.3, 0.4) is 0 Å². The summed E-state index contributed by atoms with van der Waals surface area (Å²) in [4.78, 5) is 31.2. The molecular formula is C37H44F2N8O2. The van der Waals surface area contributed by atoms with E-state index in [2.05, 4.69) is 25.9 Å². The second kappa shape index (κ2) is 12.5. The molecule has 2 saturated heterocycles. The molecule has 2 fully saturated rings. The first kappa shape index (κ1) is 31.9. The fourth-order valence-electron chi connectivity index (χ4n) is 8.56. The van der Waals surface area contributed by atoms with Crippen LogP contribution >= 0.6 is 0 Å². The van der Waals surface area contributed by atoms with Gasteiger partial charge in [0.25, 0.3) is 5.91 Å². The number of anilines is 2. The molecule has 6 heterocycles. The van der Waals surface area contributed by atoms with E-state index < -0.39 is 6.17 Å². The topological polar surface area (TPSA) is 82.9 Å². The lowest BCUT2D eigenvalue weighted by atomic mass is 9.95. The number of aromatic nitrogens is 4. The fourth-order valence-corrected chi connectivity index (χ4v) is 8.56. The molecule has 4 aromatic rings. The van der Waals surface area contributed by atoms with Crippen molar-refractivity contribution < 1.29 is 18.3 Å². The van der Waals surface area contributed by atoms with E-state index in [1.54, 1.807) is 25.1 Å². The summed E-state index contributed by atoms with van der Waals surface area (Å²) in [5.74, 6) is 0.534. The van der Waals surface area contributed by atoms with Crippen LogP contribution in [-0.2, 0) is 32.5 Å². The molecule has 0 bridgehead atoms. The highest BCUT2D eigenvalue weighted by atomic mass is 19.1. The Morgan fingerprint density at radius 3 is 2.78 bits per heavy atom. The molecule has 258 valence electrons. The molecule has 0 spiro atoms. The number of nitrogens with zero attached hydrogens (tertiary/aromatic N) is 8. The third-order valence-electron chi connectivity index (χ3n) is 11.0. The van der Waals surface area contributed by atoms with Gasteiger partial charge in [0.1, 0.15) is 24.4 Å². The number of fused-ring (bicyclic) bond motifs is 4. The van der Waals surface area contributed by atoms with Crippen LogP contribution in [0.2, 0.25) is 0 Å². The third-order valence-corrected chi connectivity index (χ3v) is 11.0. The van der Waals surface area contributed by atoms with Crippen molar-refractivity contribution in [3.05, 3.63) is 70.4 Å². The van der Waals surface area contributed by atoms with Crippen LogP contribution in [0.25, 0.3) is 10.8 Å². The Bertz CT molecular complexity index is 1910. The molecule has 8 rings (SSSR count). The first-order chi connectivity index (χ1) is 23.7. The highest BCUT2D eigenvalue weighted by Gasteiger charge is 2.49. The molecule has 4 aliphatic rings. The molecule has 10 nitrogen and oxygen atoms in total. The Morgan fingerprint density at radius 1 is 1.06 bits per heavy atom. The zero-order valence-electron chi connectivity index (χ0n) is 28.6. The Kier molecular flexibility index (Phi) is 8.16. The van der Waals surface area contributed by atoms with Crippen LogP contribution in [0.1, 0.15) is 65.6 Å². The fraction of sp³-hybridized carbons (Fsp3) is 0.514. The van der Waals surface area contributed by atoms with Gasteiger partial charge < -0.3 is 19.4 Å². The Labute approximate surface area is 285 Å². The predicted molar refractivity (Wildman–Crippen MR) is 185 cm³/mol. The predicted octanol–water partition coefficient (Wildman–Crippen LogP) is 5.16. The van der Waals surface area contributed by atoms with Gasteiger partial charge in [0.2, 0.25) is 0 Å². The maximum Gasteiger partial charge on any atom is 0.318 e. The van der Waals surface area contributed by atoms with Crippen LogP contribution in [0.5, 0.6) is 6.01 Å². The average molecular weight is 671 g/mol. The Balaban J connectivity index is 1.16. The van der Waals surface area contributed by atoms with Crippen molar-refractivity contribution in [1.82, 2.24) is 29.5 Å². The van der Waals surface area contributed by atoms with E-state index >= 15 is 4.39 Å². The van der Waals surface area contributed by atoms with Crippen molar-refractivity contribution in [2.24, 2.45) is 0 Å². The molecule has 2 atom stereocenters. The standard InChI is InChI=1S/C37H44F2N8O2/c1-4-27-29(39)11-10-24-8-5-9-32(33(24)27)44-17-12-28-31(22-44)40-36(49-23-37-13-6-15-46(37)20-25(38)19-37)41-34(28)45-14-7-16-47-26(21-45)18-30(42-47)35(48)43(2)3/h5,8-11,18,25H,4,6-7,12-17,19-23H2,1-3H3/t25-,37+/m1/s1. The SMILES string of the molecule is CCc1c(F)ccc2cccc(N3CCc4c(nc(OC[C@@]56CCCN5C[C@H](F)C6)nc4N4CCCn5nc(C(=O)N(C)C)cc5C4)C3)c12. The van der Waals surface area contributed by atoms with Crippen LogP contribution in [0, 0.1) is 5.82 Å². The largest absolute Gasteiger partial charge is 0.461 e. The van der Waals surface area contributed by atoms with Crippen LogP contribution < -0.4 is 14.5 Å². The summed E-state index contributed by atoms with van der Waals surface area (Å²) in [7, 11) is 3.47. The molecule has 0 unspecified atom stereocenters. The van der Waals surface area contributed by atoms with Gasteiger partial charge in [-0.3, -0.25) is 14.4 Å². The molecule has 4 aliphatic heterocycles. The van der Waals surface area contributed by atoms with Gasteiger partial charge in [0, 0.05) is 63.3 Å². The lowest BCUT2D eigenvalue weighted by Gasteiger charge is -2.35. The van der Waals surface area contributed by atoms with Crippen molar-refractivity contribution in [3.63, 3.8) is 0 Å². The monoisotopic (exact) mass is 670 g/mol. The number of rotatable bonds is 7. The Morgan fingerprint density at radius 2 is 1.94 bits per heavy atom. The van der Waals surface area contributed by atoms with E-state index in [1.165, 1.54) is 0 Å². The third kappa shape index (κ3) is 5.67. The number of benzene rings is 2. The normalized spacial score (nSPS) is 22.2. The molecular weight excluding hydrogens is 626 g/mol. The number of halogens is 2. The van der Waals surface area contributed by atoms with E-state index in [0.29, 0.717) is 63.8 Å². The zero-order chi connectivity index (χ0) is 33.9. The summed E-state index contributed by atoms with van der Waals surface area (Å²) in [6.45, 7) is 6.96. The van der Waals surface area contributed by atoms with Crippen molar-refractivity contribution in [2.45, 2.75) is 76.8 Å². The average Bonchev–Trinajstić information content (AvgIpc) is 3.73.